The lowest BCUT2D eigenvalue weighted by Crippen LogP contribution is -1.83. The molecule has 2 aromatic carbocycles. The van der Waals surface area contributed by atoms with Gasteiger partial charge in [-0.15, -0.1) is 5.10 Å². The number of nitrogens with zero attached hydrogens (tertiary/aromatic N) is 3. The fraction of sp³-hybridized carbons (Fsp3) is 0. The summed E-state index contributed by atoms with van der Waals surface area (Å²) in [7, 11) is 0. The molecule has 0 bridgehead atoms. The summed E-state index contributed by atoms with van der Waals surface area (Å²) in [6.45, 7) is 0. The van der Waals surface area contributed by atoms with E-state index in [-0.39, 0.29) is 0 Å². The molecule has 0 amide bonds. The highest BCUT2D eigenvalue weighted by molar-refractivity contribution is 5.69. The van der Waals surface area contributed by atoms with Gasteiger partial charge >= 0.3 is 0 Å². The number of H-pyrrole nitrogens is 1. The zero-order valence-electron chi connectivity index (χ0n) is 8.96. The van der Waals surface area contributed by atoms with Crippen LogP contribution in [0.1, 0.15) is 0 Å². The summed E-state index contributed by atoms with van der Waals surface area (Å²) in [5.74, 6) is 0.628. The third-order valence-electron chi connectivity index (χ3n) is 2.51. The van der Waals surface area contributed by atoms with Crippen LogP contribution in [0, 0.1) is 6.07 Å². The van der Waals surface area contributed by atoms with Gasteiger partial charge < -0.3 is 0 Å². The number of hydrogen-bond donors (Lipinski definition) is 1. The second-order valence-corrected chi connectivity index (χ2v) is 3.61. The van der Waals surface area contributed by atoms with Crippen molar-refractivity contribution in [2.45, 2.75) is 0 Å². The summed E-state index contributed by atoms with van der Waals surface area (Å²) in [5.41, 5.74) is 3.14. The van der Waals surface area contributed by atoms with E-state index in [1.54, 1.807) is 0 Å². The van der Waals surface area contributed by atoms with E-state index in [1.807, 2.05) is 36.4 Å². The predicted octanol–water partition coefficient (Wildman–Crippen LogP) is 2.33. The van der Waals surface area contributed by atoms with Gasteiger partial charge in [0, 0.05) is 5.56 Å². The number of tetrazole rings is 1. The van der Waals surface area contributed by atoms with Gasteiger partial charge in [-0.1, -0.05) is 42.5 Å². The molecular formula is C13H9N4. The van der Waals surface area contributed by atoms with Crippen LogP contribution in [0.4, 0.5) is 0 Å². The van der Waals surface area contributed by atoms with E-state index in [2.05, 4.69) is 38.8 Å². The summed E-state index contributed by atoms with van der Waals surface area (Å²) in [4.78, 5) is 0. The van der Waals surface area contributed by atoms with Crippen molar-refractivity contribution in [3.05, 3.63) is 54.6 Å². The molecule has 0 saturated heterocycles. The number of benzene rings is 2. The van der Waals surface area contributed by atoms with Crippen LogP contribution >= 0.6 is 0 Å². The molecule has 1 radical (unpaired) electrons. The second-order valence-electron chi connectivity index (χ2n) is 3.61. The molecule has 0 saturated carbocycles. The van der Waals surface area contributed by atoms with Crippen molar-refractivity contribution in [1.82, 2.24) is 20.6 Å². The van der Waals surface area contributed by atoms with E-state index in [0.717, 1.165) is 16.7 Å². The smallest absolute Gasteiger partial charge is 0.180 e. The number of hydrogen-bond acceptors (Lipinski definition) is 3. The highest BCUT2D eigenvalue weighted by atomic mass is 15.5. The molecule has 1 aromatic heterocycles. The maximum Gasteiger partial charge on any atom is 0.180 e. The molecular weight excluding hydrogens is 212 g/mol. The van der Waals surface area contributed by atoms with Crippen molar-refractivity contribution in [3.8, 4) is 22.5 Å². The van der Waals surface area contributed by atoms with E-state index >= 15 is 0 Å². The monoisotopic (exact) mass is 221 g/mol. The average molecular weight is 221 g/mol. The molecule has 81 valence electrons. The molecule has 0 spiro atoms. The molecule has 4 nitrogen and oxygen atoms in total. The molecule has 0 fully saturated rings. The average Bonchev–Trinajstić information content (AvgIpc) is 2.94. The van der Waals surface area contributed by atoms with Gasteiger partial charge in [0.2, 0.25) is 0 Å². The third-order valence-corrected chi connectivity index (χ3v) is 2.51. The van der Waals surface area contributed by atoms with Crippen LogP contribution in [0.25, 0.3) is 22.5 Å². The lowest BCUT2D eigenvalue weighted by molar-refractivity contribution is 0.881. The van der Waals surface area contributed by atoms with Crippen molar-refractivity contribution >= 4 is 0 Å². The Labute approximate surface area is 98.3 Å². The molecule has 0 unspecified atom stereocenters. The number of nitrogens with one attached hydrogen (secondary N) is 1. The van der Waals surface area contributed by atoms with Gasteiger partial charge in [0.15, 0.2) is 5.82 Å². The largest absolute Gasteiger partial charge is 0.239 e. The fourth-order valence-electron chi connectivity index (χ4n) is 1.69. The molecule has 0 aliphatic heterocycles. The van der Waals surface area contributed by atoms with E-state index in [0.29, 0.717) is 5.82 Å². The van der Waals surface area contributed by atoms with Gasteiger partial charge in [0.05, 0.1) is 0 Å². The van der Waals surface area contributed by atoms with E-state index in [1.165, 1.54) is 0 Å². The molecule has 0 aliphatic rings. The SMILES string of the molecule is [c]1ccc(-c2ccccc2)cc1-c1nnn[nH]1. The first-order valence-corrected chi connectivity index (χ1v) is 5.25. The van der Waals surface area contributed by atoms with Crippen LogP contribution in [0.5, 0.6) is 0 Å². The van der Waals surface area contributed by atoms with E-state index in [4.69, 9.17) is 0 Å². The second kappa shape index (κ2) is 4.17. The Morgan fingerprint density at radius 2 is 1.88 bits per heavy atom. The standard InChI is InChI=1S/C13H9N4/c1-2-5-10(6-3-1)11-7-4-8-12(9-11)13-14-16-17-15-13/h1-7,9H,(H,14,15,16,17). The summed E-state index contributed by atoms with van der Waals surface area (Å²) in [6.07, 6.45) is 0. The van der Waals surface area contributed by atoms with Crippen LogP contribution in [0.3, 0.4) is 0 Å². The maximum absolute atomic E-state index is 3.87. The Balaban J connectivity index is 2.06. The molecule has 1 heterocycles. The van der Waals surface area contributed by atoms with Crippen LogP contribution in [0.2, 0.25) is 0 Å². The summed E-state index contributed by atoms with van der Waals surface area (Å²) >= 11 is 0. The molecule has 17 heavy (non-hydrogen) atoms. The van der Waals surface area contributed by atoms with Crippen molar-refractivity contribution in [3.63, 3.8) is 0 Å². The highest BCUT2D eigenvalue weighted by Gasteiger charge is 2.03. The van der Waals surface area contributed by atoms with Gasteiger partial charge in [-0.2, -0.15) is 0 Å². The van der Waals surface area contributed by atoms with Crippen LogP contribution in [-0.4, -0.2) is 20.6 Å². The Hall–Kier alpha value is -2.49. The van der Waals surface area contributed by atoms with Crippen LogP contribution < -0.4 is 0 Å². The van der Waals surface area contributed by atoms with Crippen LogP contribution in [0.15, 0.2) is 48.5 Å². The third kappa shape index (κ3) is 1.92. The van der Waals surface area contributed by atoms with Gasteiger partial charge in [-0.3, -0.25) is 0 Å². The summed E-state index contributed by atoms with van der Waals surface area (Å²) in [5, 5.41) is 13.7. The molecule has 1 N–H and O–H groups in total. The first-order chi connectivity index (χ1) is 8.43. The Morgan fingerprint density at radius 1 is 1.00 bits per heavy atom. The molecule has 0 atom stereocenters. The maximum atomic E-state index is 3.87. The van der Waals surface area contributed by atoms with Crippen molar-refractivity contribution in [2.75, 3.05) is 0 Å². The number of aromatic nitrogens is 4. The molecule has 0 aliphatic carbocycles. The van der Waals surface area contributed by atoms with Gasteiger partial charge in [0.25, 0.3) is 0 Å². The van der Waals surface area contributed by atoms with E-state index in [9.17, 15) is 0 Å². The topological polar surface area (TPSA) is 54.5 Å². The zero-order valence-corrected chi connectivity index (χ0v) is 8.96. The normalized spacial score (nSPS) is 10.4. The Kier molecular flexibility index (Phi) is 2.38. The van der Waals surface area contributed by atoms with E-state index < -0.39 is 0 Å². The van der Waals surface area contributed by atoms with Gasteiger partial charge in [0.1, 0.15) is 0 Å². The first-order valence-electron chi connectivity index (χ1n) is 5.25. The Bertz CT molecular complexity index is 602. The van der Waals surface area contributed by atoms with Gasteiger partial charge in [-0.05, 0) is 33.7 Å². The quantitative estimate of drug-likeness (QED) is 0.722. The minimum Gasteiger partial charge on any atom is -0.239 e. The zero-order chi connectivity index (χ0) is 11.5. The fourth-order valence-corrected chi connectivity index (χ4v) is 1.69. The molecule has 3 rings (SSSR count). The molecule has 4 heteroatoms. The van der Waals surface area contributed by atoms with Gasteiger partial charge in [-0.25, -0.2) is 5.10 Å². The number of rotatable bonds is 2. The predicted molar refractivity (Wildman–Crippen MR) is 63.9 cm³/mol. The summed E-state index contributed by atoms with van der Waals surface area (Å²) in [6, 6.07) is 19.2. The Morgan fingerprint density at radius 3 is 2.65 bits per heavy atom. The lowest BCUT2D eigenvalue weighted by atomic mass is 10.0. The highest BCUT2D eigenvalue weighted by Crippen LogP contribution is 2.23. The number of aromatic amines is 1. The summed E-state index contributed by atoms with van der Waals surface area (Å²) < 4.78 is 0. The van der Waals surface area contributed by atoms with Crippen molar-refractivity contribution in [1.29, 1.82) is 0 Å². The lowest BCUT2D eigenvalue weighted by Gasteiger charge is -2.02. The minimum absolute atomic E-state index is 0.628. The van der Waals surface area contributed by atoms with Crippen LogP contribution in [-0.2, 0) is 0 Å². The van der Waals surface area contributed by atoms with Crippen molar-refractivity contribution in [2.24, 2.45) is 0 Å². The first kappa shape index (κ1) is 9.72. The minimum atomic E-state index is 0.628. The molecule has 3 aromatic rings. The van der Waals surface area contributed by atoms with Crippen molar-refractivity contribution < 1.29 is 0 Å².